The second-order valence-electron chi connectivity index (χ2n) is 7.66. The summed E-state index contributed by atoms with van der Waals surface area (Å²) in [6.07, 6.45) is 3.79. The van der Waals surface area contributed by atoms with Gasteiger partial charge in [-0.3, -0.25) is 4.79 Å². The number of nitrogens with one attached hydrogen (secondary N) is 1. The number of benzene rings is 1. The van der Waals surface area contributed by atoms with Gasteiger partial charge in [-0.05, 0) is 43.4 Å². The summed E-state index contributed by atoms with van der Waals surface area (Å²) in [6.45, 7) is 5.92. The van der Waals surface area contributed by atoms with Gasteiger partial charge in [-0.2, -0.15) is 0 Å². The molecule has 0 spiro atoms. The molecule has 1 N–H and O–H groups in total. The normalized spacial score (nSPS) is 36.0. The molecule has 1 heterocycles. The molecule has 5 atom stereocenters. The smallest absolute Gasteiger partial charge is 0.217 e. The lowest BCUT2D eigenvalue weighted by atomic mass is 9.66. The molecule has 3 nitrogen and oxygen atoms in total. The average Bonchev–Trinajstić information content (AvgIpc) is 2.48. The van der Waals surface area contributed by atoms with Gasteiger partial charge in [0.05, 0.1) is 17.2 Å². The van der Waals surface area contributed by atoms with Gasteiger partial charge in [-0.1, -0.05) is 31.0 Å². The standard InChI is InChI=1S/C19H25ClFNO2/c1-11-4-6-14-17(8-11)24-18(10-19(14,3)22-12(2)23)13-5-7-16(21)15(20)9-13/h5,7,9,11,14,17-18H,4,6,8,10H2,1-3H3,(H,22,23)/t11-,14-,17-,18-,19+/m1/s1. The maximum absolute atomic E-state index is 13.5. The second-order valence-corrected chi connectivity index (χ2v) is 8.07. The van der Waals surface area contributed by atoms with Gasteiger partial charge in [0.1, 0.15) is 5.82 Å². The van der Waals surface area contributed by atoms with Crippen LogP contribution in [0.15, 0.2) is 18.2 Å². The molecule has 5 heteroatoms. The summed E-state index contributed by atoms with van der Waals surface area (Å²) in [4.78, 5) is 11.8. The SMILES string of the molecule is CC(=O)N[C@@]1(C)C[C@H](c2ccc(F)c(Cl)c2)O[C@@H]2C[C@H](C)CC[C@H]21. The number of amides is 1. The summed E-state index contributed by atoms with van der Waals surface area (Å²) in [6, 6.07) is 4.75. The first kappa shape index (κ1) is 17.7. The Hall–Kier alpha value is -1.13. The molecule has 1 amide bonds. The number of rotatable bonds is 2. The van der Waals surface area contributed by atoms with E-state index in [9.17, 15) is 9.18 Å². The second kappa shape index (κ2) is 6.64. The lowest BCUT2D eigenvalue weighted by molar-refractivity contribution is -0.153. The van der Waals surface area contributed by atoms with Crippen molar-refractivity contribution in [2.75, 3.05) is 0 Å². The van der Waals surface area contributed by atoms with E-state index in [2.05, 4.69) is 19.2 Å². The van der Waals surface area contributed by atoms with Gasteiger partial charge >= 0.3 is 0 Å². The topological polar surface area (TPSA) is 38.3 Å². The van der Waals surface area contributed by atoms with Crippen molar-refractivity contribution in [3.8, 4) is 0 Å². The molecule has 1 saturated heterocycles. The highest BCUT2D eigenvalue weighted by Crippen LogP contribution is 2.48. The lowest BCUT2D eigenvalue weighted by Gasteiger charge is -2.52. The monoisotopic (exact) mass is 353 g/mol. The molecule has 1 aliphatic carbocycles. The fourth-order valence-electron chi connectivity index (χ4n) is 4.46. The number of hydrogen-bond donors (Lipinski definition) is 1. The third kappa shape index (κ3) is 3.45. The summed E-state index contributed by atoms with van der Waals surface area (Å²) in [5.74, 6) is 0.478. The summed E-state index contributed by atoms with van der Waals surface area (Å²) in [5, 5.41) is 3.28. The summed E-state index contributed by atoms with van der Waals surface area (Å²) >= 11 is 5.95. The van der Waals surface area contributed by atoms with E-state index in [4.69, 9.17) is 16.3 Å². The number of fused-ring (bicyclic) bond motifs is 1. The predicted octanol–water partition coefficient (Wildman–Crippen LogP) is 4.64. The zero-order valence-corrected chi connectivity index (χ0v) is 15.2. The minimum Gasteiger partial charge on any atom is -0.370 e. The predicted molar refractivity (Wildman–Crippen MR) is 92.4 cm³/mol. The zero-order valence-electron chi connectivity index (χ0n) is 14.4. The van der Waals surface area contributed by atoms with E-state index in [1.807, 2.05) is 0 Å². The number of hydrogen-bond acceptors (Lipinski definition) is 2. The number of ether oxygens (including phenoxy) is 1. The Bertz CT molecular complexity index is 638. The van der Waals surface area contributed by atoms with E-state index in [0.29, 0.717) is 18.3 Å². The molecule has 1 aliphatic heterocycles. The molecule has 3 rings (SSSR count). The molecule has 0 bridgehead atoms. The van der Waals surface area contributed by atoms with Gasteiger partial charge < -0.3 is 10.1 Å². The van der Waals surface area contributed by atoms with Crippen molar-refractivity contribution >= 4 is 17.5 Å². The number of halogens is 2. The third-order valence-electron chi connectivity index (χ3n) is 5.60. The van der Waals surface area contributed by atoms with Crippen molar-refractivity contribution < 1.29 is 13.9 Å². The van der Waals surface area contributed by atoms with Crippen LogP contribution in [0, 0.1) is 17.7 Å². The number of carbonyl (C=O) groups excluding carboxylic acids is 1. The van der Waals surface area contributed by atoms with Crippen LogP contribution in [0.1, 0.15) is 58.1 Å². The van der Waals surface area contributed by atoms with Crippen LogP contribution in [-0.2, 0) is 9.53 Å². The Labute approximate surface area is 147 Å². The van der Waals surface area contributed by atoms with Gasteiger partial charge in [0, 0.05) is 24.8 Å². The van der Waals surface area contributed by atoms with Crippen molar-refractivity contribution in [3.63, 3.8) is 0 Å². The number of carbonyl (C=O) groups is 1. The molecule has 2 fully saturated rings. The molecule has 1 saturated carbocycles. The molecule has 0 unspecified atom stereocenters. The fraction of sp³-hybridized carbons (Fsp3) is 0.632. The van der Waals surface area contributed by atoms with Gasteiger partial charge in [0.25, 0.3) is 0 Å². The van der Waals surface area contributed by atoms with Crippen molar-refractivity contribution in [2.24, 2.45) is 11.8 Å². The quantitative estimate of drug-likeness (QED) is 0.841. The van der Waals surface area contributed by atoms with Crippen molar-refractivity contribution in [1.29, 1.82) is 0 Å². The van der Waals surface area contributed by atoms with Crippen LogP contribution >= 0.6 is 11.6 Å². The minimum absolute atomic E-state index is 0.0207. The van der Waals surface area contributed by atoms with Crippen molar-refractivity contribution in [1.82, 2.24) is 5.32 Å². The van der Waals surface area contributed by atoms with E-state index in [-0.39, 0.29) is 28.7 Å². The Morgan fingerprint density at radius 2 is 2.17 bits per heavy atom. The van der Waals surface area contributed by atoms with Gasteiger partial charge in [0.2, 0.25) is 5.91 Å². The first-order valence-electron chi connectivity index (χ1n) is 8.67. The molecule has 132 valence electrons. The van der Waals surface area contributed by atoms with Crippen molar-refractivity contribution in [3.05, 3.63) is 34.6 Å². The highest BCUT2D eigenvalue weighted by atomic mass is 35.5. The maximum atomic E-state index is 13.5. The van der Waals surface area contributed by atoms with Gasteiger partial charge in [-0.25, -0.2) is 4.39 Å². The summed E-state index contributed by atoms with van der Waals surface area (Å²) in [5.41, 5.74) is 0.551. The fourth-order valence-corrected chi connectivity index (χ4v) is 4.65. The van der Waals surface area contributed by atoms with Crippen molar-refractivity contribution in [2.45, 2.75) is 64.2 Å². The largest absolute Gasteiger partial charge is 0.370 e. The molecule has 1 aromatic rings. The third-order valence-corrected chi connectivity index (χ3v) is 5.89. The van der Waals surface area contributed by atoms with E-state index in [1.165, 1.54) is 6.07 Å². The van der Waals surface area contributed by atoms with Crippen LogP contribution in [-0.4, -0.2) is 17.6 Å². The first-order chi connectivity index (χ1) is 11.3. The van der Waals surface area contributed by atoms with Crippen LogP contribution in [0.2, 0.25) is 5.02 Å². The average molecular weight is 354 g/mol. The molecular formula is C19H25ClFNO2. The highest BCUT2D eigenvalue weighted by molar-refractivity contribution is 6.30. The Balaban J connectivity index is 1.91. The van der Waals surface area contributed by atoms with E-state index in [0.717, 1.165) is 24.8 Å². The van der Waals surface area contributed by atoms with Crippen LogP contribution < -0.4 is 5.32 Å². The Morgan fingerprint density at radius 3 is 2.83 bits per heavy atom. The van der Waals surface area contributed by atoms with Crippen LogP contribution in [0.3, 0.4) is 0 Å². The van der Waals surface area contributed by atoms with E-state index in [1.54, 1.807) is 19.1 Å². The van der Waals surface area contributed by atoms with Crippen LogP contribution in [0.5, 0.6) is 0 Å². The highest BCUT2D eigenvalue weighted by Gasteiger charge is 2.49. The molecular weight excluding hydrogens is 329 g/mol. The molecule has 0 aromatic heterocycles. The zero-order chi connectivity index (χ0) is 17.5. The Kier molecular flexibility index (Phi) is 4.89. The summed E-state index contributed by atoms with van der Waals surface area (Å²) in [7, 11) is 0. The van der Waals surface area contributed by atoms with Gasteiger partial charge in [-0.15, -0.1) is 0 Å². The molecule has 2 aliphatic rings. The van der Waals surface area contributed by atoms with Crippen LogP contribution in [0.25, 0.3) is 0 Å². The molecule has 0 radical (unpaired) electrons. The molecule has 24 heavy (non-hydrogen) atoms. The maximum Gasteiger partial charge on any atom is 0.217 e. The van der Waals surface area contributed by atoms with Gasteiger partial charge in [0.15, 0.2) is 0 Å². The van der Waals surface area contributed by atoms with E-state index >= 15 is 0 Å². The minimum atomic E-state index is -0.426. The summed E-state index contributed by atoms with van der Waals surface area (Å²) < 4.78 is 19.9. The first-order valence-corrected chi connectivity index (χ1v) is 9.05. The molecule has 1 aromatic carbocycles. The van der Waals surface area contributed by atoms with E-state index < -0.39 is 5.82 Å². The lowest BCUT2D eigenvalue weighted by Crippen LogP contribution is -2.60. The van der Waals surface area contributed by atoms with Crippen LogP contribution in [0.4, 0.5) is 4.39 Å². The Morgan fingerprint density at radius 1 is 1.42 bits per heavy atom.